The van der Waals surface area contributed by atoms with E-state index in [0.29, 0.717) is 17.4 Å². The van der Waals surface area contributed by atoms with Gasteiger partial charge in [0.1, 0.15) is 0 Å². The van der Waals surface area contributed by atoms with Crippen molar-refractivity contribution in [2.24, 2.45) is 11.0 Å². The zero-order chi connectivity index (χ0) is 14.4. The molecule has 1 amide bonds. The number of nitrogens with one attached hydrogen (secondary N) is 1. The van der Waals surface area contributed by atoms with E-state index >= 15 is 0 Å². The smallest absolute Gasteiger partial charge is 0.267 e. The predicted molar refractivity (Wildman–Crippen MR) is 83.1 cm³/mol. The van der Waals surface area contributed by atoms with Crippen LogP contribution >= 0.6 is 0 Å². The molecule has 3 nitrogen and oxygen atoms in total. The lowest BCUT2D eigenvalue weighted by Gasteiger charge is -2.16. The second kappa shape index (κ2) is 7.22. The predicted octanol–water partition coefficient (Wildman–Crippen LogP) is 4.11. The summed E-state index contributed by atoms with van der Waals surface area (Å²) < 4.78 is 0. The molecule has 0 unspecified atom stereocenters. The van der Waals surface area contributed by atoms with Crippen LogP contribution in [-0.4, -0.2) is 12.1 Å². The maximum absolute atomic E-state index is 11.9. The molecular formula is C17H24N2O. The van der Waals surface area contributed by atoms with Crippen molar-refractivity contribution >= 4 is 12.1 Å². The Kier molecular flexibility index (Phi) is 5.33. The Morgan fingerprint density at radius 3 is 2.45 bits per heavy atom. The fraction of sp³-hybridized carbons (Fsp3) is 0.529. The highest BCUT2D eigenvalue weighted by Gasteiger charge is 2.11. The summed E-state index contributed by atoms with van der Waals surface area (Å²) in [6.45, 7) is 4.28. The normalized spacial score (nSPS) is 16.8. The number of carbonyl (C=O) groups is 1. The Morgan fingerprint density at radius 1 is 1.20 bits per heavy atom. The summed E-state index contributed by atoms with van der Waals surface area (Å²) in [4.78, 5) is 11.9. The van der Waals surface area contributed by atoms with E-state index < -0.39 is 0 Å². The van der Waals surface area contributed by atoms with Crippen molar-refractivity contribution < 1.29 is 4.79 Å². The van der Waals surface area contributed by atoms with E-state index in [-0.39, 0.29) is 5.91 Å². The van der Waals surface area contributed by atoms with Crippen molar-refractivity contribution in [3.63, 3.8) is 0 Å². The maximum atomic E-state index is 11.9. The number of benzene rings is 1. The van der Waals surface area contributed by atoms with Gasteiger partial charge in [0.25, 0.3) is 5.91 Å². The van der Waals surface area contributed by atoms with E-state index in [4.69, 9.17) is 0 Å². The molecule has 1 fully saturated rings. The van der Waals surface area contributed by atoms with Crippen molar-refractivity contribution in [1.82, 2.24) is 5.43 Å². The molecule has 0 bridgehead atoms. The first-order valence-electron chi connectivity index (χ1n) is 7.60. The van der Waals surface area contributed by atoms with Crippen LogP contribution in [-0.2, 0) is 0 Å². The Morgan fingerprint density at radius 2 is 1.85 bits per heavy atom. The molecule has 0 spiro atoms. The highest BCUT2D eigenvalue weighted by molar-refractivity contribution is 5.94. The van der Waals surface area contributed by atoms with Crippen LogP contribution in [0.1, 0.15) is 67.8 Å². The minimum Gasteiger partial charge on any atom is -0.267 e. The fourth-order valence-electron chi connectivity index (χ4n) is 2.57. The third-order valence-electron chi connectivity index (χ3n) is 3.94. The first-order valence-corrected chi connectivity index (χ1v) is 7.60. The lowest BCUT2D eigenvalue weighted by molar-refractivity contribution is 0.0955. The van der Waals surface area contributed by atoms with Crippen molar-refractivity contribution in [1.29, 1.82) is 0 Å². The topological polar surface area (TPSA) is 41.5 Å². The SMILES string of the molecule is CC(C)c1ccc(C(=O)NN=CC2CCCCC2)cc1. The molecule has 0 aliphatic heterocycles. The molecule has 0 radical (unpaired) electrons. The quantitative estimate of drug-likeness (QED) is 0.650. The summed E-state index contributed by atoms with van der Waals surface area (Å²) >= 11 is 0. The zero-order valence-electron chi connectivity index (χ0n) is 12.4. The van der Waals surface area contributed by atoms with Crippen LogP contribution in [0.5, 0.6) is 0 Å². The highest BCUT2D eigenvalue weighted by atomic mass is 16.2. The molecule has 0 atom stereocenters. The molecule has 1 aliphatic carbocycles. The summed E-state index contributed by atoms with van der Waals surface area (Å²) in [7, 11) is 0. The van der Waals surface area contributed by atoms with E-state index in [1.54, 1.807) is 0 Å². The van der Waals surface area contributed by atoms with Crippen LogP contribution in [0.3, 0.4) is 0 Å². The van der Waals surface area contributed by atoms with Crippen LogP contribution in [0.4, 0.5) is 0 Å². The first-order chi connectivity index (χ1) is 9.66. The van der Waals surface area contributed by atoms with E-state index in [2.05, 4.69) is 24.4 Å². The Labute approximate surface area is 121 Å². The maximum Gasteiger partial charge on any atom is 0.271 e. The third kappa shape index (κ3) is 4.19. The average molecular weight is 272 g/mol. The van der Waals surface area contributed by atoms with E-state index in [9.17, 15) is 4.79 Å². The molecule has 1 aliphatic rings. The lowest BCUT2D eigenvalue weighted by atomic mass is 9.90. The van der Waals surface area contributed by atoms with E-state index in [1.165, 1.54) is 37.7 Å². The number of hydrogen-bond donors (Lipinski definition) is 1. The van der Waals surface area contributed by atoms with Crippen LogP contribution in [0.25, 0.3) is 0 Å². The number of carbonyl (C=O) groups excluding carboxylic acids is 1. The monoisotopic (exact) mass is 272 g/mol. The molecule has 1 aromatic rings. The van der Waals surface area contributed by atoms with E-state index in [0.717, 1.165) is 0 Å². The molecule has 0 aromatic heterocycles. The molecule has 2 rings (SSSR count). The van der Waals surface area contributed by atoms with Crippen LogP contribution in [0.15, 0.2) is 29.4 Å². The van der Waals surface area contributed by atoms with E-state index in [1.807, 2.05) is 30.5 Å². The number of hydrazone groups is 1. The zero-order valence-corrected chi connectivity index (χ0v) is 12.4. The Balaban J connectivity index is 1.86. The largest absolute Gasteiger partial charge is 0.271 e. The van der Waals surface area contributed by atoms with Crippen molar-refractivity contribution in [3.8, 4) is 0 Å². The van der Waals surface area contributed by atoms with Gasteiger partial charge in [0.2, 0.25) is 0 Å². The van der Waals surface area contributed by atoms with Gasteiger partial charge >= 0.3 is 0 Å². The van der Waals surface area contributed by atoms with Crippen LogP contribution in [0.2, 0.25) is 0 Å². The van der Waals surface area contributed by atoms with Gasteiger partial charge in [-0.05, 0) is 42.4 Å². The Bertz CT molecular complexity index is 456. The molecule has 20 heavy (non-hydrogen) atoms. The van der Waals surface area contributed by atoms with Gasteiger partial charge in [-0.1, -0.05) is 45.2 Å². The minimum absolute atomic E-state index is 0.132. The van der Waals surface area contributed by atoms with Gasteiger partial charge in [0, 0.05) is 11.8 Å². The first kappa shape index (κ1) is 14.8. The summed E-state index contributed by atoms with van der Waals surface area (Å²) in [5.41, 5.74) is 4.53. The van der Waals surface area contributed by atoms with Gasteiger partial charge in [0.15, 0.2) is 0 Å². The highest BCUT2D eigenvalue weighted by Crippen LogP contribution is 2.21. The second-order valence-corrected chi connectivity index (χ2v) is 5.89. The molecule has 3 heteroatoms. The van der Waals surface area contributed by atoms with Gasteiger partial charge in [0.05, 0.1) is 0 Å². The number of rotatable bonds is 4. The standard InChI is InChI=1S/C17H24N2O/c1-13(2)15-8-10-16(11-9-15)17(20)19-18-12-14-6-4-3-5-7-14/h8-14H,3-7H2,1-2H3,(H,19,20). The molecule has 0 saturated heterocycles. The lowest BCUT2D eigenvalue weighted by Crippen LogP contribution is -2.19. The summed E-state index contributed by atoms with van der Waals surface area (Å²) in [6, 6.07) is 7.73. The van der Waals surface area contributed by atoms with Crippen molar-refractivity contribution in [2.75, 3.05) is 0 Å². The van der Waals surface area contributed by atoms with Gasteiger partial charge in [-0.3, -0.25) is 4.79 Å². The summed E-state index contributed by atoms with van der Waals surface area (Å²) in [6.07, 6.45) is 8.19. The van der Waals surface area contributed by atoms with Crippen LogP contribution < -0.4 is 5.43 Å². The van der Waals surface area contributed by atoms with Gasteiger partial charge in [-0.15, -0.1) is 0 Å². The van der Waals surface area contributed by atoms with Gasteiger partial charge < -0.3 is 0 Å². The fourth-order valence-corrected chi connectivity index (χ4v) is 2.57. The number of nitrogens with zero attached hydrogens (tertiary/aromatic N) is 1. The molecular weight excluding hydrogens is 248 g/mol. The molecule has 1 saturated carbocycles. The molecule has 1 N–H and O–H groups in total. The molecule has 1 aromatic carbocycles. The van der Waals surface area contributed by atoms with Gasteiger partial charge in [-0.2, -0.15) is 5.10 Å². The summed E-state index contributed by atoms with van der Waals surface area (Å²) in [5.74, 6) is 0.885. The number of amides is 1. The molecule has 0 heterocycles. The average Bonchev–Trinajstić information content (AvgIpc) is 2.48. The minimum atomic E-state index is -0.132. The van der Waals surface area contributed by atoms with Gasteiger partial charge in [-0.25, -0.2) is 5.43 Å². The van der Waals surface area contributed by atoms with Crippen molar-refractivity contribution in [3.05, 3.63) is 35.4 Å². The summed E-state index contributed by atoms with van der Waals surface area (Å²) in [5, 5.41) is 4.10. The number of hydrogen-bond acceptors (Lipinski definition) is 2. The Hall–Kier alpha value is -1.64. The second-order valence-electron chi connectivity index (χ2n) is 5.89. The third-order valence-corrected chi connectivity index (χ3v) is 3.94. The van der Waals surface area contributed by atoms with Crippen LogP contribution in [0, 0.1) is 5.92 Å². The molecule has 108 valence electrons. The van der Waals surface area contributed by atoms with Crippen molar-refractivity contribution in [2.45, 2.75) is 51.9 Å².